The van der Waals surface area contributed by atoms with E-state index in [0.29, 0.717) is 27.6 Å². The topological polar surface area (TPSA) is 130 Å². The first-order valence-corrected chi connectivity index (χ1v) is 17.6. The summed E-state index contributed by atoms with van der Waals surface area (Å²) in [6.07, 6.45) is -1.34. The third-order valence-corrected chi connectivity index (χ3v) is 12.7. The summed E-state index contributed by atoms with van der Waals surface area (Å²) in [5, 5.41) is 12.6. The summed E-state index contributed by atoms with van der Waals surface area (Å²) in [7, 11) is -0.837. The van der Waals surface area contributed by atoms with Crippen LogP contribution in [0.25, 0.3) is 0 Å². The molecular formula is C27H41NO9S2Si. The number of thioether (sulfide) groups is 1. The molecule has 40 heavy (non-hydrogen) atoms. The van der Waals surface area contributed by atoms with Crippen molar-refractivity contribution in [1.82, 2.24) is 5.32 Å². The molecular weight excluding hydrogens is 575 g/mol. The number of rotatable bonds is 6. The molecule has 0 amide bonds. The van der Waals surface area contributed by atoms with E-state index in [1.807, 2.05) is 0 Å². The number of carbonyl (C=O) groups is 3. The lowest BCUT2D eigenvalue weighted by molar-refractivity contribution is -0.138. The molecule has 0 aromatic heterocycles. The number of cyclic esters (lactones) is 1. The minimum absolute atomic E-state index is 0.118. The van der Waals surface area contributed by atoms with Crippen LogP contribution in [0.3, 0.4) is 0 Å². The first-order chi connectivity index (χ1) is 18.6. The number of ether oxygens (including phenoxy) is 4. The lowest BCUT2D eigenvalue weighted by Crippen LogP contribution is -2.44. The highest BCUT2D eigenvalue weighted by molar-refractivity contribution is 7.98. The van der Waals surface area contributed by atoms with Gasteiger partial charge in [-0.25, -0.2) is 14.4 Å². The number of benzene rings is 1. The summed E-state index contributed by atoms with van der Waals surface area (Å²) in [6, 6.07) is 0.824. The number of carboxylic acids is 1. The predicted octanol–water partition coefficient (Wildman–Crippen LogP) is 5.48. The fourth-order valence-electron chi connectivity index (χ4n) is 3.65. The van der Waals surface area contributed by atoms with Crippen molar-refractivity contribution in [1.29, 1.82) is 0 Å². The average Bonchev–Trinajstić information content (AvgIpc) is 2.84. The highest BCUT2D eigenvalue weighted by Gasteiger charge is 2.40. The normalized spacial score (nSPS) is 19.3. The Morgan fingerprint density at radius 2 is 1.95 bits per heavy atom. The van der Waals surface area contributed by atoms with Crippen LogP contribution in [0, 0.1) is 6.92 Å². The molecule has 1 aliphatic rings. The van der Waals surface area contributed by atoms with Crippen LogP contribution < -0.4 is 14.5 Å². The van der Waals surface area contributed by atoms with E-state index >= 15 is 0 Å². The molecule has 0 saturated heterocycles. The zero-order chi connectivity index (χ0) is 30.3. The Hall–Kier alpha value is -2.51. The smallest absolute Gasteiger partial charge is 0.508 e. The number of aliphatic carboxylic acids is 1. The van der Waals surface area contributed by atoms with Crippen LogP contribution in [0.15, 0.2) is 6.07 Å². The average molecular weight is 616 g/mol. The molecule has 2 atom stereocenters. The molecule has 1 aliphatic heterocycles. The number of carbonyl (C=O) groups excluding carboxylic acids is 2. The summed E-state index contributed by atoms with van der Waals surface area (Å²) in [5.41, 5.74) is 1.43. The van der Waals surface area contributed by atoms with Gasteiger partial charge in [-0.2, -0.15) is 11.8 Å². The number of fused-ring (bicyclic) bond motifs is 1. The summed E-state index contributed by atoms with van der Waals surface area (Å²) in [6.45, 7) is 13.8. The fourth-order valence-corrected chi connectivity index (χ4v) is 6.02. The Kier molecular flexibility index (Phi) is 12.1. The Labute approximate surface area is 246 Å². The second-order valence-corrected chi connectivity index (χ2v) is 17.2. The number of hydrogen-bond acceptors (Lipinski definition) is 10. The van der Waals surface area contributed by atoms with E-state index in [1.165, 1.54) is 18.9 Å². The van der Waals surface area contributed by atoms with E-state index < -0.39 is 38.6 Å². The second-order valence-electron chi connectivity index (χ2n) is 11.0. The minimum Gasteiger partial charge on any atom is -0.543 e. The van der Waals surface area contributed by atoms with Crippen molar-refractivity contribution in [2.75, 3.05) is 26.1 Å². The zero-order valence-corrected chi connectivity index (χ0v) is 27.1. The molecule has 2 N–H and O–H groups in total. The Morgan fingerprint density at radius 1 is 1.27 bits per heavy atom. The third-order valence-electron chi connectivity index (χ3n) is 6.98. The SMILES string of the molecule is CCOC(=O)O[C@@H]1CCC(=S)N[C@H](C(=O)O)CSCc2c(O[Si](C)(C)C(C)(C)C)cc(OC)c(C)c2C(=O)OC1. The molecule has 2 rings (SSSR count). The maximum Gasteiger partial charge on any atom is 0.508 e. The van der Waals surface area contributed by atoms with Crippen LogP contribution in [0.1, 0.15) is 62.0 Å². The molecule has 0 unspecified atom stereocenters. The Bertz CT molecular complexity index is 1100. The summed E-state index contributed by atoms with van der Waals surface area (Å²) < 4.78 is 28.2. The number of nitrogens with one attached hydrogen (secondary N) is 1. The maximum atomic E-state index is 13.6. The molecule has 224 valence electrons. The molecule has 0 spiro atoms. The van der Waals surface area contributed by atoms with Crippen LogP contribution in [0.4, 0.5) is 4.79 Å². The second kappa shape index (κ2) is 14.4. The molecule has 10 nitrogen and oxygen atoms in total. The molecule has 0 radical (unpaired) electrons. The van der Waals surface area contributed by atoms with Crippen LogP contribution >= 0.6 is 24.0 Å². The van der Waals surface area contributed by atoms with E-state index in [9.17, 15) is 19.5 Å². The highest BCUT2D eigenvalue weighted by Crippen LogP contribution is 2.42. The summed E-state index contributed by atoms with van der Waals surface area (Å²) in [5.74, 6) is -0.264. The van der Waals surface area contributed by atoms with Gasteiger partial charge in [-0.15, -0.1) is 0 Å². The quantitative estimate of drug-likeness (QED) is 0.239. The summed E-state index contributed by atoms with van der Waals surface area (Å²) in [4.78, 5) is 38.0. The lowest BCUT2D eigenvalue weighted by atomic mass is 10.0. The van der Waals surface area contributed by atoms with Crippen molar-refractivity contribution in [3.63, 3.8) is 0 Å². The van der Waals surface area contributed by atoms with E-state index in [2.05, 4.69) is 39.2 Å². The van der Waals surface area contributed by atoms with Gasteiger partial charge in [-0.3, -0.25) is 0 Å². The van der Waals surface area contributed by atoms with Gasteiger partial charge in [0.15, 0.2) is 0 Å². The molecule has 0 bridgehead atoms. The van der Waals surface area contributed by atoms with Crippen molar-refractivity contribution in [2.45, 2.75) is 83.5 Å². The van der Waals surface area contributed by atoms with Crippen LogP contribution in [0.5, 0.6) is 11.5 Å². The van der Waals surface area contributed by atoms with Crippen LogP contribution in [-0.2, 0) is 24.8 Å². The van der Waals surface area contributed by atoms with Crippen molar-refractivity contribution >= 4 is 55.4 Å². The fraction of sp³-hybridized carbons (Fsp3) is 0.630. The van der Waals surface area contributed by atoms with Gasteiger partial charge in [-0.1, -0.05) is 33.0 Å². The standard InChI is InChI=1S/C27H41NO9S2Si/c1-9-34-26(32)36-17-10-11-22(38)28-19(24(29)30)15-39-14-18-21(37-40(7,8)27(3,4)5)12-20(33-6)16(2)23(18)25(31)35-13-17/h12,17,19H,9-11,13-15H2,1-8H3,(H,28,38)(H,29,30)/t17-,19+/m1/s1. The van der Waals surface area contributed by atoms with Gasteiger partial charge in [0, 0.05) is 35.1 Å². The van der Waals surface area contributed by atoms with Crippen molar-refractivity contribution in [2.24, 2.45) is 0 Å². The van der Waals surface area contributed by atoms with Gasteiger partial charge in [-0.05, 0) is 38.4 Å². The van der Waals surface area contributed by atoms with E-state index in [4.69, 9.17) is 35.6 Å². The summed E-state index contributed by atoms with van der Waals surface area (Å²) >= 11 is 6.71. The van der Waals surface area contributed by atoms with Gasteiger partial charge in [0.05, 0.1) is 24.3 Å². The molecule has 1 aromatic rings. The van der Waals surface area contributed by atoms with E-state index in [0.717, 1.165) is 0 Å². The zero-order valence-electron chi connectivity index (χ0n) is 24.5. The Balaban J connectivity index is 2.61. The molecule has 0 saturated carbocycles. The first kappa shape index (κ1) is 33.7. The largest absolute Gasteiger partial charge is 0.543 e. The van der Waals surface area contributed by atoms with Gasteiger partial charge in [0.25, 0.3) is 0 Å². The number of thiocarbonyl (C=S) groups is 1. The minimum atomic E-state index is -2.35. The highest BCUT2D eigenvalue weighted by atomic mass is 32.2. The van der Waals surface area contributed by atoms with Gasteiger partial charge >= 0.3 is 18.1 Å². The first-order valence-electron chi connectivity index (χ1n) is 13.1. The molecule has 1 heterocycles. The maximum absolute atomic E-state index is 13.6. The van der Waals surface area contributed by atoms with Crippen LogP contribution in [0.2, 0.25) is 18.1 Å². The lowest BCUT2D eigenvalue weighted by Gasteiger charge is -2.37. The number of methoxy groups -OCH3 is 1. The van der Waals surface area contributed by atoms with Gasteiger partial charge in [0.2, 0.25) is 8.32 Å². The molecule has 13 heteroatoms. The van der Waals surface area contributed by atoms with Gasteiger partial charge < -0.3 is 33.8 Å². The van der Waals surface area contributed by atoms with Crippen molar-refractivity contribution < 1.29 is 42.9 Å². The van der Waals surface area contributed by atoms with Crippen molar-refractivity contribution in [3.05, 3.63) is 22.8 Å². The number of esters is 1. The van der Waals surface area contributed by atoms with Crippen molar-refractivity contribution in [3.8, 4) is 11.5 Å². The molecule has 0 fully saturated rings. The van der Waals surface area contributed by atoms with E-state index in [-0.39, 0.29) is 48.2 Å². The third kappa shape index (κ3) is 9.00. The monoisotopic (exact) mass is 615 g/mol. The molecule has 1 aromatic carbocycles. The Morgan fingerprint density at radius 3 is 2.52 bits per heavy atom. The van der Waals surface area contributed by atoms with E-state index in [1.54, 1.807) is 19.9 Å². The van der Waals surface area contributed by atoms with Crippen LogP contribution in [-0.4, -0.2) is 74.7 Å². The predicted molar refractivity (Wildman–Crippen MR) is 160 cm³/mol. The number of hydrogen-bond donors (Lipinski definition) is 2. The van der Waals surface area contributed by atoms with Gasteiger partial charge in [0.1, 0.15) is 30.3 Å². The molecule has 0 aliphatic carbocycles. The number of carboxylic acid groups (broad SMARTS) is 1.